The zero-order valence-corrected chi connectivity index (χ0v) is 27.0. The molecule has 0 radical (unpaired) electrons. The molecule has 0 aliphatic heterocycles. The Labute approximate surface area is 277 Å². The lowest BCUT2D eigenvalue weighted by Crippen LogP contribution is -2.18. The molecule has 5 aromatic heterocycles. The quantitative estimate of drug-likeness (QED) is 0.164. The molecule has 0 aliphatic rings. The summed E-state index contributed by atoms with van der Waals surface area (Å²) in [4.78, 5) is 34.0. The topological polar surface area (TPSA) is 133 Å². The number of thiophene rings is 1. The van der Waals surface area contributed by atoms with E-state index in [2.05, 4.69) is 25.5 Å². The fourth-order valence-electron chi connectivity index (χ4n) is 5.39. The van der Waals surface area contributed by atoms with Crippen molar-refractivity contribution in [2.75, 3.05) is 5.32 Å². The molecule has 10 nitrogen and oxygen atoms in total. The van der Waals surface area contributed by atoms with E-state index in [9.17, 15) is 35.9 Å². The first-order chi connectivity index (χ1) is 23.0. The Bertz CT molecular complexity index is 2270. The van der Waals surface area contributed by atoms with Crippen molar-refractivity contribution in [3.8, 4) is 22.4 Å². The number of carbonyl (C=O) groups is 2. The third-order valence-corrected chi connectivity index (χ3v) is 8.95. The van der Waals surface area contributed by atoms with E-state index in [0.717, 1.165) is 23.9 Å². The van der Waals surface area contributed by atoms with Crippen molar-refractivity contribution in [1.82, 2.24) is 29.4 Å². The first-order valence-electron chi connectivity index (χ1n) is 14.7. The van der Waals surface area contributed by atoms with Crippen LogP contribution in [0.25, 0.3) is 38.2 Å². The van der Waals surface area contributed by atoms with E-state index in [-0.39, 0.29) is 43.5 Å². The number of aromatic nitrogens is 6. The van der Waals surface area contributed by atoms with Gasteiger partial charge in [0.15, 0.2) is 11.3 Å². The summed E-state index contributed by atoms with van der Waals surface area (Å²) in [7, 11) is 0. The zero-order valence-electron chi connectivity index (χ0n) is 26.2. The monoisotopic (exact) mass is 700 g/mol. The standard InChI is InChI=1S/C32H26F6N8O2S/c1-5-45-13-20(15(4)44-45)18-10-22(31(33,34)35)42-30-24(18)25(26(49-30)27(39)47)43-29(48)19-12-40-46-23(32(36,37)38)11-21(41-28(19)46)17-8-6-16(7-9-17)14(2)3/h6-14H,5H2,1-4H3,(H2,39,47)(H,43,48). The van der Waals surface area contributed by atoms with Crippen molar-refractivity contribution >= 4 is 44.7 Å². The number of benzene rings is 1. The van der Waals surface area contributed by atoms with Crippen LogP contribution in [0.1, 0.15) is 69.4 Å². The van der Waals surface area contributed by atoms with Crippen molar-refractivity contribution in [3.05, 3.63) is 81.9 Å². The smallest absolute Gasteiger partial charge is 0.365 e. The molecule has 0 saturated heterocycles. The highest BCUT2D eigenvalue weighted by Gasteiger charge is 2.37. The van der Waals surface area contributed by atoms with Gasteiger partial charge in [-0.1, -0.05) is 38.1 Å². The van der Waals surface area contributed by atoms with Gasteiger partial charge >= 0.3 is 12.4 Å². The summed E-state index contributed by atoms with van der Waals surface area (Å²) >= 11 is 0.528. The molecule has 0 spiro atoms. The SMILES string of the molecule is CCn1cc(-c2cc(C(F)(F)F)nc3sc(C(N)=O)c(NC(=O)c4cnn5c(C(F)(F)F)cc(-c6ccc(C(C)C)cc6)nc45)c23)c(C)n1. The van der Waals surface area contributed by atoms with Crippen LogP contribution in [-0.2, 0) is 18.9 Å². The predicted molar refractivity (Wildman–Crippen MR) is 170 cm³/mol. The molecule has 254 valence electrons. The van der Waals surface area contributed by atoms with Crippen LogP contribution in [0.2, 0.25) is 0 Å². The number of carbonyl (C=O) groups excluding carboxylic acids is 2. The summed E-state index contributed by atoms with van der Waals surface area (Å²) in [6.07, 6.45) is -7.37. The molecule has 5 heterocycles. The summed E-state index contributed by atoms with van der Waals surface area (Å²) in [6, 6.07) is 8.36. The average molecular weight is 701 g/mol. The van der Waals surface area contributed by atoms with Crippen LogP contribution < -0.4 is 11.1 Å². The van der Waals surface area contributed by atoms with Crippen LogP contribution >= 0.6 is 11.3 Å². The summed E-state index contributed by atoms with van der Waals surface area (Å²) in [5.41, 5.74) is 3.83. The third kappa shape index (κ3) is 6.09. The van der Waals surface area contributed by atoms with Crippen LogP contribution in [0.3, 0.4) is 0 Å². The van der Waals surface area contributed by atoms with E-state index < -0.39 is 46.8 Å². The molecule has 49 heavy (non-hydrogen) atoms. The van der Waals surface area contributed by atoms with Gasteiger partial charge in [0, 0.05) is 29.3 Å². The molecule has 0 aliphatic carbocycles. The highest BCUT2D eigenvalue weighted by Crippen LogP contribution is 2.44. The lowest BCUT2D eigenvalue weighted by molar-refractivity contribution is -0.143. The number of nitrogens with one attached hydrogen (secondary N) is 1. The number of pyridine rings is 1. The average Bonchev–Trinajstić information content (AvgIpc) is 3.74. The first-order valence-corrected chi connectivity index (χ1v) is 15.6. The number of anilines is 1. The number of rotatable bonds is 7. The molecule has 2 amide bonds. The fraction of sp³-hybridized carbons (Fsp3) is 0.250. The van der Waals surface area contributed by atoms with E-state index >= 15 is 0 Å². The third-order valence-electron chi connectivity index (χ3n) is 7.86. The minimum Gasteiger partial charge on any atom is -0.365 e. The Morgan fingerprint density at radius 2 is 1.69 bits per heavy atom. The Hall–Kier alpha value is -5.32. The van der Waals surface area contributed by atoms with Gasteiger partial charge in [0.05, 0.1) is 23.3 Å². The van der Waals surface area contributed by atoms with Gasteiger partial charge in [-0.3, -0.25) is 14.3 Å². The lowest BCUT2D eigenvalue weighted by Gasteiger charge is -2.13. The molecular formula is C32H26F6N8O2S. The van der Waals surface area contributed by atoms with Crippen LogP contribution in [-0.4, -0.2) is 41.2 Å². The molecule has 17 heteroatoms. The highest BCUT2D eigenvalue weighted by molar-refractivity contribution is 7.21. The largest absolute Gasteiger partial charge is 0.433 e. The van der Waals surface area contributed by atoms with Crippen molar-refractivity contribution < 1.29 is 35.9 Å². The molecule has 0 bridgehead atoms. The minimum atomic E-state index is -4.90. The Morgan fingerprint density at radius 1 is 1.00 bits per heavy atom. The maximum atomic E-state index is 14.3. The molecule has 6 aromatic rings. The van der Waals surface area contributed by atoms with Crippen molar-refractivity contribution in [3.63, 3.8) is 0 Å². The summed E-state index contributed by atoms with van der Waals surface area (Å²) in [5, 5.41) is 10.6. The van der Waals surface area contributed by atoms with E-state index in [1.807, 2.05) is 13.8 Å². The summed E-state index contributed by atoms with van der Waals surface area (Å²) in [5.74, 6) is -1.96. The predicted octanol–water partition coefficient (Wildman–Crippen LogP) is 7.71. The number of hydrogen-bond acceptors (Lipinski definition) is 7. The van der Waals surface area contributed by atoms with E-state index in [1.54, 1.807) is 38.1 Å². The number of nitrogens with two attached hydrogens (primary N) is 1. The normalized spacial score (nSPS) is 12.4. The number of alkyl halides is 6. The molecule has 3 N–H and O–H groups in total. The number of hydrogen-bond donors (Lipinski definition) is 2. The molecule has 0 saturated carbocycles. The van der Waals surface area contributed by atoms with E-state index in [4.69, 9.17) is 5.73 Å². The van der Waals surface area contributed by atoms with Gasteiger partial charge < -0.3 is 11.1 Å². The van der Waals surface area contributed by atoms with Gasteiger partial charge in [0.25, 0.3) is 11.8 Å². The molecule has 6 rings (SSSR count). The molecular weight excluding hydrogens is 674 g/mol. The highest BCUT2D eigenvalue weighted by atomic mass is 32.1. The molecule has 0 fully saturated rings. The summed E-state index contributed by atoms with van der Waals surface area (Å²) in [6.45, 7) is 7.68. The van der Waals surface area contributed by atoms with Crippen molar-refractivity contribution in [2.45, 2.75) is 52.5 Å². The van der Waals surface area contributed by atoms with Crippen LogP contribution in [0.4, 0.5) is 32.0 Å². The van der Waals surface area contributed by atoms with Gasteiger partial charge in [0.2, 0.25) is 0 Å². The maximum Gasteiger partial charge on any atom is 0.433 e. The van der Waals surface area contributed by atoms with Gasteiger partial charge in [-0.25, -0.2) is 14.5 Å². The van der Waals surface area contributed by atoms with Crippen LogP contribution in [0.15, 0.2) is 48.8 Å². The number of fused-ring (bicyclic) bond motifs is 2. The number of halogens is 6. The number of primary amides is 1. The maximum absolute atomic E-state index is 14.3. The second kappa shape index (κ2) is 12.0. The van der Waals surface area contributed by atoms with Gasteiger partial charge in [-0.2, -0.15) is 36.5 Å². The van der Waals surface area contributed by atoms with Gasteiger partial charge in [-0.15, -0.1) is 11.3 Å². The zero-order chi connectivity index (χ0) is 35.6. The number of amides is 2. The lowest BCUT2D eigenvalue weighted by atomic mass is 10.0. The first kappa shape index (κ1) is 33.6. The van der Waals surface area contributed by atoms with E-state index in [0.29, 0.717) is 33.7 Å². The van der Waals surface area contributed by atoms with Gasteiger partial charge in [0.1, 0.15) is 21.0 Å². The van der Waals surface area contributed by atoms with E-state index in [1.165, 1.54) is 10.9 Å². The Kier molecular flexibility index (Phi) is 8.21. The van der Waals surface area contributed by atoms with Gasteiger partial charge in [-0.05, 0) is 43.0 Å². The van der Waals surface area contributed by atoms with Crippen molar-refractivity contribution in [1.29, 1.82) is 0 Å². The van der Waals surface area contributed by atoms with Crippen LogP contribution in [0.5, 0.6) is 0 Å². The van der Waals surface area contributed by atoms with Crippen LogP contribution in [0, 0.1) is 6.92 Å². The second-order valence-electron chi connectivity index (χ2n) is 11.4. The molecule has 1 aromatic carbocycles. The Morgan fingerprint density at radius 3 is 2.27 bits per heavy atom. The molecule has 0 unspecified atom stereocenters. The minimum absolute atomic E-state index is 0.0368. The molecule has 0 atom stereocenters. The number of nitrogens with zero attached hydrogens (tertiary/aromatic N) is 6. The Balaban J connectivity index is 1.54. The number of aryl methyl sites for hydroxylation is 2. The fourth-order valence-corrected chi connectivity index (χ4v) is 6.39. The van der Waals surface area contributed by atoms with Crippen molar-refractivity contribution in [2.24, 2.45) is 5.73 Å². The summed E-state index contributed by atoms with van der Waals surface area (Å²) < 4.78 is 86.7. The second-order valence-corrected chi connectivity index (χ2v) is 12.4.